The molecule has 3 aliphatic heterocycles. The smallest absolute Gasteiger partial charge is 0.319 e. The fourth-order valence-electron chi connectivity index (χ4n) is 6.77. The summed E-state index contributed by atoms with van der Waals surface area (Å²) < 4.78 is 20.4. The van der Waals surface area contributed by atoms with Crippen molar-refractivity contribution in [3.05, 3.63) is 16.9 Å². The number of hydrogen-bond donors (Lipinski definition) is 1. The molecule has 4 fully saturated rings. The molecule has 2 atom stereocenters. The normalized spacial score (nSPS) is 34.1. The molecule has 0 aromatic carbocycles. The van der Waals surface area contributed by atoms with Crippen molar-refractivity contribution in [3.63, 3.8) is 0 Å². The lowest BCUT2D eigenvalue weighted by molar-refractivity contribution is -0.0396. The summed E-state index contributed by atoms with van der Waals surface area (Å²) in [7, 11) is 0. The largest absolute Gasteiger partial charge is 0.461 e. The van der Waals surface area contributed by atoms with Crippen molar-refractivity contribution in [1.29, 1.82) is 0 Å². The standard InChI is InChI=1S/C24H31ClFN5O2/c1-15-19-18(11-27-20(15)25)21(30-6-2-4-23(13-30)9-17(32)10-23)29-22(28-19)33-14-24-5-3-7-31(24)12-16(26)8-24/h11,16-17,32H,2-10,12-14H2,1H3/t16-,17?,23?,24+/m1/s1. The van der Waals surface area contributed by atoms with E-state index in [1.165, 1.54) is 0 Å². The van der Waals surface area contributed by atoms with Gasteiger partial charge in [0.15, 0.2) is 0 Å². The maximum atomic E-state index is 14.2. The maximum Gasteiger partial charge on any atom is 0.319 e. The second-order valence-electron chi connectivity index (χ2n) is 10.7. The molecule has 0 radical (unpaired) electrons. The van der Waals surface area contributed by atoms with Crippen LogP contribution in [0, 0.1) is 12.3 Å². The number of ether oxygens (including phenoxy) is 1. The van der Waals surface area contributed by atoms with Crippen molar-refractivity contribution >= 4 is 28.3 Å². The van der Waals surface area contributed by atoms with Crippen LogP contribution in [0.4, 0.5) is 10.2 Å². The molecule has 0 unspecified atom stereocenters. The molecule has 7 nitrogen and oxygen atoms in total. The molecule has 1 spiro atoms. The van der Waals surface area contributed by atoms with Crippen LogP contribution in [0.3, 0.4) is 0 Å². The van der Waals surface area contributed by atoms with Crippen LogP contribution in [0.15, 0.2) is 6.20 Å². The second-order valence-corrected chi connectivity index (χ2v) is 11.1. The zero-order chi connectivity index (χ0) is 22.8. The van der Waals surface area contributed by atoms with Crippen LogP contribution in [-0.2, 0) is 0 Å². The molecule has 1 saturated carbocycles. The summed E-state index contributed by atoms with van der Waals surface area (Å²) in [4.78, 5) is 18.5. The van der Waals surface area contributed by atoms with E-state index in [-0.39, 0.29) is 17.1 Å². The minimum atomic E-state index is -0.795. The van der Waals surface area contributed by atoms with E-state index in [0.29, 0.717) is 30.7 Å². The Bertz CT molecular complexity index is 1070. The van der Waals surface area contributed by atoms with Crippen LogP contribution in [0.1, 0.15) is 50.5 Å². The lowest BCUT2D eigenvalue weighted by atomic mass is 9.62. The van der Waals surface area contributed by atoms with Crippen molar-refractivity contribution in [2.75, 3.05) is 37.7 Å². The summed E-state index contributed by atoms with van der Waals surface area (Å²) in [6, 6.07) is 0.319. The third-order valence-corrected chi connectivity index (χ3v) is 8.79. The van der Waals surface area contributed by atoms with Gasteiger partial charge in [-0.05, 0) is 57.4 Å². The summed E-state index contributed by atoms with van der Waals surface area (Å²) >= 11 is 6.34. The monoisotopic (exact) mass is 475 g/mol. The molecule has 2 aromatic heterocycles. The first-order valence-corrected chi connectivity index (χ1v) is 12.5. The average Bonchev–Trinajstić information content (AvgIpc) is 3.29. The van der Waals surface area contributed by atoms with Crippen molar-refractivity contribution in [1.82, 2.24) is 19.9 Å². The molecule has 0 amide bonds. The molecule has 2 aromatic rings. The minimum Gasteiger partial charge on any atom is -0.461 e. The number of rotatable bonds is 4. The van der Waals surface area contributed by atoms with E-state index >= 15 is 0 Å². The van der Waals surface area contributed by atoms with E-state index in [1.54, 1.807) is 6.20 Å². The number of piperidine rings is 1. The number of aliphatic hydroxyl groups excluding tert-OH is 1. The Hall–Kier alpha value is -1.77. The van der Waals surface area contributed by atoms with Gasteiger partial charge >= 0.3 is 6.01 Å². The van der Waals surface area contributed by atoms with Gasteiger partial charge < -0.3 is 14.7 Å². The molecule has 0 bridgehead atoms. The molecule has 1 N–H and O–H groups in total. The Kier molecular flexibility index (Phi) is 5.20. The third-order valence-electron chi connectivity index (χ3n) is 8.41. The highest BCUT2D eigenvalue weighted by molar-refractivity contribution is 6.31. The Morgan fingerprint density at radius 2 is 2.03 bits per heavy atom. The zero-order valence-electron chi connectivity index (χ0n) is 19.1. The van der Waals surface area contributed by atoms with Gasteiger partial charge in [-0.1, -0.05) is 11.6 Å². The Balaban J connectivity index is 1.34. The number of halogens is 2. The van der Waals surface area contributed by atoms with Crippen LogP contribution in [0.2, 0.25) is 5.15 Å². The highest BCUT2D eigenvalue weighted by Crippen LogP contribution is 2.49. The summed E-state index contributed by atoms with van der Waals surface area (Å²) in [6.07, 6.45) is 7.19. The van der Waals surface area contributed by atoms with E-state index in [1.807, 2.05) is 6.92 Å². The Labute approximate surface area is 198 Å². The number of aliphatic hydroxyl groups is 1. The molecule has 6 rings (SSSR count). The lowest BCUT2D eigenvalue weighted by Crippen LogP contribution is -2.52. The number of aryl methyl sites for hydroxylation is 1. The van der Waals surface area contributed by atoms with Crippen molar-refractivity contribution < 1.29 is 14.2 Å². The van der Waals surface area contributed by atoms with Crippen LogP contribution in [-0.4, -0.2) is 75.6 Å². The van der Waals surface area contributed by atoms with Crippen molar-refractivity contribution in [3.8, 4) is 6.01 Å². The maximum absolute atomic E-state index is 14.2. The van der Waals surface area contributed by atoms with E-state index in [9.17, 15) is 9.50 Å². The minimum absolute atomic E-state index is 0.161. The quantitative estimate of drug-likeness (QED) is 0.676. The van der Waals surface area contributed by atoms with Gasteiger partial charge in [0.05, 0.1) is 22.5 Å². The molecule has 4 aliphatic rings. The van der Waals surface area contributed by atoms with Crippen LogP contribution < -0.4 is 9.64 Å². The van der Waals surface area contributed by atoms with Crippen molar-refractivity contribution in [2.45, 2.75) is 69.7 Å². The van der Waals surface area contributed by atoms with Crippen LogP contribution in [0.25, 0.3) is 10.9 Å². The summed E-state index contributed by atoms with van der Waals surface area (Å²) in [5.74, 6) is 0.818. The number of fused-ring (bicyclic) bond motifs is 2. The number of pyridine rings is 1. The van der Waals surface area contributed by atoms with Gasteiger partial charge in [-0.15, -0.1) is 0 Å². The Morgan fingerprint density at radius 3 is 2.85 bits per heavy atom. The van der Waals surface area contributed by atoms with Crippen LogP contribution in [0.5, 0.6) is 6.01 Å². The first kappa shape index (κ1) is 21.7. The molecule has 178 valence electrons. The number of alkyl halides is 1. The fourth-order valence-corrected chi connectivity index (χ4v) is 6.91. The van der Waals surface area contributed by atoms with E-state index in [2.05, 4.69) is 14.8 Å². The highest BCUT2D eigenvalue weighted by atomic mass is 35.5. The summed E-state index contributed by atoms with van der Waals surface area (Å²) in [5.41, 5.74) is 1.46. The van der Waals surface area contributed by atoms with Gasteiger partial charge in [-0.3, -0.25) is 4.90 Å². The van der Waals surface area contributed by atoms with E-state index < -0.39 is 6.17 Å². The average molecular weight is 476 g/mol. The van der Waals surface area contributed by atoms with Crippen molar-refractivity contribution in [2.24, 2.45) is 5.41 Å². The van der Waals surface area contributed by atoms with Gasteiger partial charge in [0.25, 0.3) is 0 Å². The number of nitrogens with zero attached hydrogens (tertiary/aromatic N) is 5. The number of hydrogen-bond acceptors (Lipinski definition) is 7. The predicted octanol–water partition coefficient (Wildman–Crippen LogP) is 3.68. The van der Waals surface area contributed by atoms with Crippen LogP contribution >= 0.6 is 11.6 Å². The molecule has 5 heterocycles. The van der Waals surface area contributed by atoms with Gasteiger partial charge in [0.1, 0.15) is 23.7 Å². The number of anilines is 1. The molecular formula is C24H31ClFN5O2. The topological polar surface area (TPSA) is 74.6 Å². The van der Waals surface area contributed by atoms with Gasteiger partial charge in [0, 0.05) is 37.8 Å². The van der Waals surface area contributed by atoms with Gasteiger partial charge in [0.2, 0.25) is 0 Å². The fraction of sp³-hybridized carbons (Fsp3) is 0.708. The Morgan fingerprint density at radius 1 is 1.21 bits per heavy atom. The van der Waals surface area contributed by atoms with E-state index in [0.717, 1.165) is 80.4 Å². The highest BCUT2D eigenvalue weighted by Gasteiger charge is 2.50. The van der Waals surface area contributed by atoms with E-state index in [4.69, 9.17) is 26.3 Å². The molecular weight excluding hydrogens is 445 g/mol. The molecule has 33 heavy (non-hydrogen) atoms. The SMILES string of the molecule is Cc1c(Cl)ncc2c(N3CCCC4(CC(O)C4)C3)nc(OC[C@@]34CCCN3C[C@H](F)C4)nc12. The summed E-state index contributed by atoms with van der Waals surface area (Å²) in [6.45, 7) is 5.49. The first-order valence-electron chi connectivity index (χ1n) is 12.1. The zero-order valence-corrected chi connectivity index (χ0v) is 19.8. The predicted molar refractivity (Wildman–Crippen MR) is 125 cm³/mol. The summed E-state index contributed by atoms with van der Waals surface area (Å²) in [5, 5.41) is 11.2. The molecule has 1 aliphatic carbocycles. The van der Waals surface area contributed by atoms with Gasteiger partial charge in [-0.25, -0.2) is 9.37 Å². The number of aromatic nitrogens is 3. The first-order chi connectivity index (χ1) is 15.9. The molecule has 3 saturated heterocycles. The second kappa shape index (κ2) is 7.89. The lowest BCUT2D eigenvalue weighted by Gasteiger charge is -2.51. The molecule has 9 heteroatoms. The van der Waals surface area contributed by atoms with Gasteiger partial charge in [-0.2, -0.15) is 9.97 Å². The third kappa shape index (κ3) is 3.65.